The number of β-lactam (4-membered cyclic amide) rings is 1. The van der Waals surface area contributed by atoms with Crippen LogP contribution < -0.4 is 20.5 Å². The first-order valence-corrected chi connectivity index (χ1v) is 11.7. The number of fused-ring (bicyclic) bond motifs is 1. The van der Waals surface area contributed by atoms with Gasteiger partial charge < -0.3 is 14.6 Å². The van der Waals surface area contributed by atoms with Gasteiger partial charge in [0, 0.05) is 6.08 Å². The summed E-state index contributed by atoms with van der Waals surface area (Å²) in [5, 5.41) is 11.3. The van der Waals surface area contributed by atoms with Gasteiger partial charge >= 0.3 is 0 Å². The van der Waals surface area contributed by atoms with Gasteiger partial charge in [0.1, 0.15) is 17.6 Å². The minimum atomic E-state index is -0.684. The lowest BCUT2D eigenvalue weighted by atomic mass is 10.0. The van der Waals surface area contributed by atoms with Gasteiger partial charge in [-0.15, -0.1) is 0 Å². The second-order valence-electron chi connectivity index (χ2n) is 8.52. The maximum atomic E-state index is 13.6. The summed E-state index contributed by atoms with van der Waals surface area (Å²) in [6.45, 7) is 0. The summed E-state index contributed by atoms with van der Waals surface area (Å²) in [6.07, 6.45) is 2.84. The monoisotopic (exact) mass is 512 g/mol. The van der Waals surface area contributed by atoms with E-state index in [9.17, 15) is 19.5 Å². The number of nitrogens with one attached hydrogen (secondary N) is 1. The Hall–Kier alpha value is -5.12. The summed E-state index contributed by atoms with van der Waals surface area (Å²) < 4.78 is 12.0. The number of rotatable bonds is 7. The highest BCUT2D eigenvalue weighted by atomic mass is 16.5. The number of nitrogens with zero attached hydrogens (tertiary/aromatic N) is 3. The van der Waals surface area contributed by atoms with Crippen LogP contribution in [0.25, 0.3) is 22.7 Å². The average molecular weight is 513 g/mol. The van der Waals surface area contributed by atoms with Crippen LogP contribution in [0.4, 0.5) is 0 Å². The van der Waals surface area contributed by atoms with E-state index in [-0.39, 0.29) is 29.4 Å². The summed E-state index contributed by atoms with van der Waals surface area (Å²) in [5.41, 5.74) is 3.84. The molecular formula is C28H24N4O6. The molecule has 38 heavy (non-hydrogen) atoms. The number of carbonyl (C=O) groups is 2. The normalized spacial score (nSPS) is 14.9. The van der Waals surface area contributed by atoms with Crippen molar-refractivity contribution in [3.8, 4) is 22.9 Å². The molecule has 0 saturated carbocycles. The Labute approximate surface area is 217 Å². The van der Waals surface area contributed by atoms with E-state index in [1.807, 2.05) is 0 Å². The molecule has 2 heterocycles. The highest BCUT2D eigenvalue weighted by molar-refractivity contribution is 5.94. The van der Waals surface area contributed by atoms with Crippen molar-refractivity contribution in [1.82, 2.24) is 20.0 Å². The van der Waals surface area contributed by atoms with Crippen LogP contribution in [0, 0.1) is 0 Å². The van der Waals surface area contributed by atoms with Crippen molar-refractivity contribution in [3.63, 3.8) is 0 Å². The first-order valence-electron chi connectivity index (χ1n) is 11.7. The molecule has 192 valence electrons. The Morgan fingerprint density at radius 2 is 1.76 bits per heavy atom. The van der Waals surface area contributed by atoms with Gasteiger partial charge in [-0.1, -0.05) is 30.3 Å². The smallest absolute Gasteiger partial charge is 0.266 e. The zero-order valence-corrected chi connectivity index (χ0v) is 20.6. The Morgan fingerprint density at radius 3 is 2.53 bits per heavy atom. The van der Waals surface area contributed by atoms with Gasteiger partial charge in [0.25, 0.3) is 11.5 Å². The van der Waals surface area contributed by atoms with Gasteiger partial charge in [-0.05, 0) is 48.0 Å². The van der Waals surface area contributed by atoms with Crippen molar-refractivity contribution in [1.29, 1.82) is 0 Å². The number of aromatic nitrogens is 2. The molecule has 1 aliphatic heterocycles. The highest BCUT2D eigenvalue weighted by Crippen LogP contribution is 2.34. The molecular weight excluding hydrogens is 488 g/mol. The minimum Gasteiger partial charge on any atom is -0.504 e. The van der Waals surface area contributed by atoms with Crippen LogP contribution >= 0.6 is 0 Å². The number of phenols is 1. The fraction of sp³-hybridized carbons (Fsp3) is 0.143. The fourth-order valence-electron chi connectivity index (χ4n) is 4.31. The van der Waals surface area contributed by atoms with Gasteiger partial charge in [0.05, 0.1) is 37.2 Å². The number of amides is 2. The second kappa shape index (κ2) is 10.1. The Bertz CT molecular complexity index is 1640. The van der Waals surface area contributed by atoms with Gasteiger partial charge in [-0.3, -0.25) is 24.4 Å². The first kappa shape index (κ1) is 24.6. The number of hydrogen-bond acceptors (Lipinski definition) is 7. The lowest BCUT2D eigenvalue weighted by Crippen LogP contribution is -2.57. The van der Waals surface area contributed by atoms with Crippen LogP contribution in [-0.2, 0) is 9.59 Å². The molecule has 1 aliphatic rings. The molecule has 10 heteroatoms. The standard InChI is InChI=1S/C28H24N4O6/c1-37-23-10-6-5-9-20(23)31-27(29-19-8-4-3-7-18(19)28(31)36)21-16-26(35)32(21)30-25(34)14-12-17-11-13-22(33)24(15-17)38-2/h3-15,21,33H,16H2,1-2H3,(H,30,34)/b14-12+. The van der Waals surface area contributed by atoms with Crippen molar-refractivity contribution in [3.05, 3.63) is 94.5 Å². The van der Waals surface area contributed by atoms with Crippen LogP contribution in [0.1, 0.15) is 23.9 Å². The third-order valence-corrected chi connectivity index (χ3v) is 6.24. The Kier molecular flexibility index (Phi) is 6.53. The molecule has 0 radical (unpaired) electrons. The molecule has 1 unspecified atom stereocenters. The molecule has 1 atom stereocenters. The molecule has 2 N–H and O–H groups in total. The number of benzene rings is 3. The van der Waals surface area contributed by atoms with Crippen LogP contribution in [0.5, 0.6) is 17.2 Å². The summed E-state index contributed by atoms with van der Waals surface area (Å²) >= 11 is 0. The first-order chi connectivity index (χ1) is 18.4. The van der Waals surface area contributed by atoms with Crippen molar-refractivity contribution in [2.24, 2.45) is 0 Å². The number of methoxy groups -OCH3 is 2. The third kappa shape index (κ3) is 4.43. The quantitative estimate of drug-likeness (QED) is 0.288. The molecule has 0 spiro atoms. The van der Waals surface area contributed by atoms with E-state index in [1.54, 1.807) is 60.7 Å². The van der Waals surface area contributed by atoms with Gasteiger partial charge in [0.2, 0.25) is 5.91 Å². The van der Waals surface area contributed by atoms with E-state index in [4.69, 9.17) is 14.5 Å². The highest BCUT2D eigenvalue weighted by Gasteiger charge is 2.42. The number of hydrazine groups is 1. The molecule has 2 amide bonds. The second-order valence-corrected chi connectivity index (χ2v) is 8.52. The van der Waals surface area contributed by atoms with E-state index >= 15 is 0 Å². The van der Waals surface area contributed by atoms with Crippen LogP contribution in [-0.4, -0.2) is 45.7 Å². The number of carbonyl (C=O) groups excluding carboxylic acids is 2. The molecule has 1 aromatic heterocycles. The van der Waals surface area contributed by atoms with Crippen molar-refractivity contribution in [2.45, 2.75) is 12.5 Å². The molecule has 1 saturated heterocycles. The summed E-state index contributed by atoms with van der Waals surface area (Å²) in [5.74, 6) is 0.125. The largest absolute Gasteiger partial charge is 0.504 e. The van der Waals surface area contributed by atoms with Gasteiger partial charge in [0.15, 0.2) is 11.5 Å². The molecule has 4 aromatic rings. The predicted molar refractivity (Wildman–Crippen MR) is 140 cm³/mol. The fourth-order valence-corrected chi connectivity index (χ4v) is 4.31. The zero-order valence-electron chi connectivity index (χ0n) is 20.6. The lowest BCUT2D eigenvalue weighted by Gasteiger charge is -2.40. The minimum absolute atomic E-state index is 0.0212. The maximum absolute atomic E-state index is 13.6. The van der Waals surface area contributed by atoms with Crippen LogP contribution in [0.3, 0.4) is 0 Å². The predicted octanol–water partition coefficient (Wildman–Crippen LogP) is 3.13. The van der Waals surface area contributed by atoms with E-state index in [1.165, 1.54) is 42.0 Å². The Morgan fingerprint density at radius 1 is 1.03 bits per heavy atom. The molecule has 3 aromatic carbocycles. The van der Waals surface area contributed by atoms with Crippen molar-refractivity contribution >= 4 is 28.8 Å². The van der Waals surface area contributed by atoms with Crippen LogP contribution in [0.2, 0.25) is 0 Å². The SMILES string of the molecule is COc1cc(/C=C/C(=O)NN2C(=O)CC2c2nc3ccccc3c(=O)n2-c2ccccc2OC)ccc1O. The van der Waals surface area contributed by atoms with E-state index in [0.717, 1.165) is 0 Å². The summed E-state index contributed by atoms with van der Waals surface area (Å²) in [7, 11) is 2.93. The van der Waals surface area contributed by atoms with E-state index < -0.39 is 11.9 Å². The molecule has 0 aliphatic carbocycles. The topological polar surface area (TPSA) is 123 Å². The average Bonchev–Trinajstić information content (AvgIpc) is 2.94. The maximum Gasteiger partial charge on any atom is 0.266 e. The lowest BCUT2D eigenvalue weighted by molar-refractivity contribution is -0.156. The van der Waals surface area contributed by atoms with E-state index in [0.29, 0.717) is 33.7 Å². The number of ether oxygens (including phenoxy) is 2. The van der Waals surface area contributed by atoms with Gasteiger partial charge in [-0.2, -0.15) is 0 Å². The third-order valence-electron chi connectivity index (χ3n) is 6.24. The van der Waals surface area contributed by atoms with Gasteiger partial charge in [-0.25, -0.2) is 9.99 Å². The van der Waals surface area contributed by atoms with Crippen LogP contribution in [0.15, 0.2) is 77.6 Å². The molecule has 10 nitrogen and oxygen atoms in total. The van der Waals surface area contributed by atoms with Crippen molar-refractivity contribution in [2.75, 3.05) is 14.2 Å². The zero-order chi connectivity index (χ0) is 26.8. The number of aromatic hydroxyl groups is 1. The Balaban J connectivity index is 1.49. The summed E-state index contributed by atoms with van der Waals surface area (Å²) in [4.78, 5) is 43.7. The number of phenolic OH excluding ortho intramolecular Hbond substituents is 1. The molecule has 5 rings (SSSR count). The van der Waals surface area contributed by atoms with Crippen molar-refractivity contribution < 1.29 is 24.2 Å². The van der Waals surface area contributed by atoms with E-state index in [2.05, 4.69) is 5.43 Å². The number of para-hydroxylation sites is 3. The summed E-state index contributed by atoms with van der Waals surface area (Å²) in [6, 6.07) is 17.9. The number of hydrogen-bond donors (Lipinski definition) is 2. The molecule has 0 bridgehead atoms. The molecule has 1 fully saturated rings.